The summed E-state index contributed by atoms with van der Waals surface area (Å²) in [5.74, 6) is 1.04. The highest BCUT2D eigenvalue weighted by Crippen LogP contribution is 2.38. The molecule has 1 aromatic rings. The van der Waals surface area contributed by atoms with Crippen LogP contribution in [0.1, 0.15) is 19.4 Å². The molecule has 0 aliphatic carbocycles. The molecule has 2 aliphatic rings. The predicted molar refractivity (Wildman–Crippen MR) is 101 cm³/mol. The van der Waals surface area contributed by atoms with Gasteiger partial charge in [-0.25, -0.2) is 0 Å². The first-order chi connectivity index (χ1) is 12.5. The molecule has 0 bridgehead atoms. The summed E-state index contributed by atoms with van der Waals surface area (Å²) in [6, 6.07) is 3.87. The van der Waals surface area contributed by atoms with Crippen LogP contribution in [-0.4, -0.2) is 62.4 Å². The van der Waals surface area contributed by atoms with Crippen molar-refractivity contribution in [3.8, 4) is 11.5 Å². The Morgan fingerprint density at radius 3 is 2.69 bits per heavy atom. The minimum absolute atomic E-state index is 0.0362. The Labute approximate surface area is 159 Å². The number of benzene rings is 1. The summed E-state index contributed by atoms with van der Waals surface area (Å²) >= 11 is 6.22. The molecule has 0 spiro atoms. The summed E-state index contributed by atoms with van der Waals surface area (Å²) in [6.07, 6.45) is 3.25. The first-order valence-electron chi connectivity index (χ1n) is 8.94. The van der Waals surface area contributed by atoms with E-state index in [4.69, 9.17) is 25.8 Å². The maximum absolute atomic E-state index is 12.3. The standard InChI is InChI=1S/C19H25ClN2O4/c1-13(14(2)22-5-7-24-8-6-22)21-18(23)4-3-15-11-16(20)19-17(12-15)25-9-10-26-19/h3-4,11-14H,5-10H2,1-2H3,(H,21,23)/b4-3+. The number of nitrogens with one attached hydrogen (secondary N) is 1. The summed E-state index contributed by atoms with van der Waals surface area (Å²) in [7, 11) is 0. The molecule has 2 aliphatic heterocycles. The van der Waals surface area contributed by atoms with Gasteiger partial charge in [-0.3, -0.25) is 9.69 Å². The Bertz CT molecular complexity index is 674. The van der Waals surface area contributed by atoms with Crippen molar-refractivity contribution in [1.82, 2.24) is 10.2 Å². The van der Waals surface area contributed by atoms with E-state index in [0.717, 1.165) is 31.9 Å². The Morgan fingerprint density at radius 2 is 1.92 bits per heavy atom. The molecule has 0 saturated carbocycles. The van der Waals surface area contributed by atoms with Crippen LogP contribution in [0.5, 0.6) is 11.5 Å². The van der Waals surface area contributed by atoms with Crippen molar-refractivity contribution in [2.45, 2.75) is 25.9 Å². The van der Waals surface area contributed by atoms with Gasteiger partial charge in [-0.2, -0.15) is 0 Å². The quantitative estimate of drug-likeness (QED) is 0.794. The number of nitrogens with zero attached hydrogens (tertiary/aromatic N) is 1. The second-order valence-corrected chi connectivity index (χ2v) is 6.95. The fourth-order valence-electron chi connectivity index (χ4n) is 3.09. The topological polar surface area (TPSA) is 60.0 Å². The number of morpholine rings is 1. The number of fused-ring (bicyclic) bond motifs is 1. The number of carbonyl (C=O) groups is 1. The van der Waals surface area contributed by atoms with Crippen molar-refractivity contribution in [2.75, 3.05) is 39.5 Å². The first kappa shape index (κ1) is 19.0. The maximum atomic E-state index is 12.3. The van der Waals surface area contributed by atoms with Gasteiger partial charge in [-0.1, -0.05) is 11.6 Å². The van der Waals surface area contributed by atoms with Gasteiger partial charge in [0.2, 0.25) is 5.91 Å². The molecular formula is C19H25ClN2O4. The third-order valence-electron chi connectivity index (χ3n) is 4.76. The molecule has 0 radical (unpaired) electrons. The molecule has 1 amide bonds. The molecular weight excluding hydrogens is 356 g/mol. The van der Waals surface area contributed by atoms with Crippen LogP contribution in [0, 0.1) is 0 Å². The average molecular weight is 381 g/mol. The van der Waals surface area contributed by atoms with E-state index in [0.29, 0.717) is 29.7 Å². The van der Waals surface area contributed by atoms with Crippen molar-refractivity contribution < 1.29 is 19.0 Å². The molecule has 7 heteroatoms. The largest absolute Gasteiger partial charge is 0.486 e. The Kier molecular flexibility index (Phi) is 6.40. The fourth-order valence-corrected chi connectivity index (χ4v) is 3.37. The summed E-state index contributed by atoms with van der Waals surface area (Å²) in [4.78, 5) is 14.6. The van der Waals surface area contributed by atoms with Gasteiger partial charge in [0.25, 0.3) is 0 Å². The van der Waals surface area contributed by atoms with Gasteiger partial charge in [0.1, 0.15) is 13.2 Å². The van der Waals surface area contributed by atoms with Crippen LogP contribution in [0.3, 0.4) is 0 Å². The number of hydrogen-bond donors (Lipinski definition) is 1. The molecule has 26 heavy (non-hydrogen) atoms. The lowest BCUT2D eigenvalue weighted by molar-refractivity contribution is -0.117. The molecule has 2 heterocycles. The van der Waals surface area contributed by atoms with E-state index < -0.39 is 0 Å². The number of carbonyl (C=O) groups excluding carboxylic acids is 1. The number of rotatable bonds is 5. The van der Waals surface area contributed by atoms with Crippen LogP contribution in [-0.2, 0) is 9.53 Å². The normalized spacial score (nSPS) is 20.0. The van der Waals surface area contributed by atoms with Gasteiger partial charge < -0.3 is 19.5 Å². The monoisotopic (exact) mass is 380 g/mol. The van der Waals surface area contributed by atoms with Crippen LogP contribution in [0.15, 0.2) is 18.2 Å². The number of hydrogen-bond acceptors (Lipinski definition) is 5. The Morgan fingerprint density at radius 1 is 1.19 bits per heavy atom. The highest BCUT2D eigenvalue weighted by Gasteiger charge is 2.22. The zero-order valence-corrected chi connectivity index (χ0v) is 15.9. The molecule has 142 valence electrons. The van der Waals surface area contributed by atoms with Crippen molar-refractivity contribution in [3.63, 3.8) is 0 Å². The van der Waals surface area contributed by atoms with Crippen LogP contribution in [0.2, 0.25) is 5.02 Å². The molecule has 6 nitrogen and oxygen atoms in total. The van der Waals surface area contributed by atoms with Gasteiger partial charge in [0, 0.05) is 31.2 Å². The van der Waals surface area contributed by atoms with E-state index in [-0.39, 0.29) is 18.0 Å². The van der Waals surface area contributed by atoms with Gasteiger partial charge >= 0.3 is 0 Å². The summed E-state index contributed by atoms with van der Waals surface area (Å²) < 4.78 is 16.4. The van der Waals surface area contributed by atoms with Gasteiger partial charge in [0.15, 0.2) is 11.5 Å². The van der Waals surface area contributed by atoms with E-state index in [1.165, 1.54) is 6.08 Å². The van der Waals surface area contributed by atoms with E-state index in [1.807, 2.05) is 13.0 Å². The Hall–Kier alpha value is -1.76. The average Bonchev–Trinajstić information content (AvgIpc) is 2.66. The SMILES string of the molecule is CC(NC(=O)/C=C/c1cc(Cl)c2c(c1)OCCO2)C(C)N1CCOCC1. The third-order valence-corrected chi connectivity index (χ3v) is 5.04. The van der Waals surface area contributed by atoms with E-state index in [2.05, 4.69) is 17.1 Å². The minimum Gasteiger partial charge on any atom is -0.486 e. The molecule has 2 unspecified atom stereocenters. The lowest BCUT2D eigenvalue weighted by Gasteiger charge is -2.35. The zero-order valence-electron chi connectivity index (χ0n) is 15.2. The smallest absolute Gasteiger partial charge is 0.244 e. The van der Waals surface area contributed by atoms with E-state index in [9.17, 15) is 4.79 Å². The number of ether oxygens (including phenoxy) is 3. The van der Waals surface area contributed by atoms with Gasteiger partial charge in [-0.15, -0.1) is 0 Å². The molecule has 1 saturated heterocycles. The summed E-state index contributed by atoms with van der Waals surface area (Å²) in [5.41, 5.74) is 0.795. The predicted octanol–water partition coefficient (Wildman–Crippen LogP) is 2.35. The van der Waals surface area contributed by atoms with Crippen LogP contribution < -0.4 is 14.8 Å². The fraction of sp³-hybridized carbons (Fsp3) is 0.526. The highest BCUT2D eigenvalue weighted by atomic mass is 35.5. The lowest BCUT2D eigenvalue weighted by Crippen LogP contribution is -2.51. The number of halogens is 1. The summed E-state index contributed by atoms with van der Waals surface area (Å²) in [5, 5.41) is 3.51. The molecule has 3 rings (SSSR count). The van der Waals surface area contributed by atoms with Crippen LogP contribution in [0.4, 0.5) is 0 Å². The third kappa shape index (κ3) is 4.69. The maximum Gasteiger partial charge on any atom is 0.244 e. The highest BCUT2D eigenvalue weighted by molar-refractivity contribution is 6.32. The molecule has 0 aromatic heterocycles. The van der Waals surface area contributed by atoms with Gasteiger partial charge in [-0.05, 0) is 37.6 Å². The second kappa shape index (κ2) is 8.75. The van der Waals surface area contributed by atoms with Gasteiger partial charge in [0.05, 0.1) is 18.2 Å². The zero-order chi connectivity index (χ0) is 18.5. The van der Waals surface area contributed by atoms with Crippen molar-refractivity contribution in [1.29, 1.82) is 0 Å². The molecule has 2 atom stereocenters. The molecule has 1 aromatic carbocycles. The van der Waals surface area contributed by atoms with Crippen molar-refractivity contribution in [2.24, 2.45) is 0 Å². The van der Waals surface area contributed by atoms with E-state index >= 15 is 0 Å². The lowest BCUT2D eigenvalue weighted by atomic mass is 10.1. The molecule has 1 N–H and O–H groups in total. The summed E-state index contributed by atoms with van der Waals surface area (Å²) in [6.45, 7) is 8.41. The van der Waals surface area contributed by atoms with Crippen LogP contribution in [0.25, 0.3) is 6.08 Å². The van der Waals surface area contributed by atoms with E-state index in [1.54, 1.807) is 12.1 Å². The first-order valence-corrected chi connectivity index (χ1v) is 9.32. The Balaban J connectivity index is 1.58. The minimum atomic E-state index is -0.136. The second-order valence-electron chi connectivity index (χ2n) is 6.55. The number of amides is 1. The van der Waals surface area contributed by atoms with Crippen LogP contribution >= 0.6 is 11.6 Å². The van der Waals surface area contributed by atoms with Crippen molar-refractivity contribution in [3.05, 3.63) is 28.8 Å². The van der Waals surface area contributed by atoms with Crippen molar-refractivity contribution >= 4 is 23.6 Å². The molecule has 1 fully saturated rings.